The summed E-state index contributed by atoms with van der Waals surface area (Å²) in [6.45, 7) is 2.09. The summed E-state index contributed by atoms with van der Waals surface area (Å²) in [6.07, 6.45) is 0.318. The highest BCUT2D eigenvalue weighted by molar-refractivity contribution is 5.80. The van der Waals surface area contributed by atoms with Crippen molar-refractivity contribution in [3.63, 3.8) is 0 Å². The standard InChI is InChI=1S/C19H24FNO4/c1-2-24-17(22)19-10-6-9-16(19)21(12-15(20)11-19)18(23)25-13-14-7-4-3-5-8-14/h3-5,7-8,15-16H,2,6,9-13H2,1H3/t15-,16+,19-/m0/s1. The minimum Gasteiger partial charge on any atom is -0.466 e. The Bertz CT molecular complexity index is 623. The fourth-order valence-electron chi connectivity index (χ4n) is 4.15. The number of alkyl halides is 1. The zero-order valence-corrected chi connectivity index (χ0v) is 14.4. The van der Waals surface area contributed by atoms with Gasteiger partial charge in [-0.2, -0.15) is 0 Å². The molecule has 1 saturated carbocycles. The maximum absolute atomic E-state index is 14.4. The van der Waals surface area contributed by atoms with Crippen molar-refractivity contribution < 1.29 is 23.5 Å². The van der Waals surface area contributed by atoms with Gasteiger partial charge < -0.3 is 14.4 Å². The summed E-state index contributed by atoms with van der Waals surface area (Å²) in [4.78, 5) is 26.5. The van der Waals surface area contributed by atoms with E-state index in [1.165, 1.54) is 4.90 Å². The van der Waals surface area contributed by atoms with Crippen molar-refractivity contribution in [3.05, 3.63) is 35.9 Å². The van der Waals surface area contributed by atoms with Crippen LogP contribution in [0.2, 0.25) is 0 Å². The lowest BCUT2D eigenvalue weighted by atomic mass is 9.74. The third-order valence-electron chi connectivity index (χ3n) is 5.22. The molecule has 1 heterocycles. The second kappa shape index (κ2) is 7.42. The first-order valence-corrected chi connectivity index (χ1v) is 8.85. The number of hydrogen-bond donors (Lipinski definition) is 0. The normalized spacial score (nSPS) is 28.3. The van der Waals surface area contributed by atoms with Crippen LogP contribution in [-0.2, 0) is 20.9 Å². The van der Waals surface area contributed by atoms with Crippen molar-refractivity contribution in [1.82, 2.24) is 4.90 Å². The Morgan fingerprint density at radius 2 is 2.04 bits per heavy atom. The lowest BCUT2D eigenvalue weighted by molar-refractivity contribution is -0.163. The lowest BCUT2D eigenvalue weighted by Gasteiger charge is -2.45. The van der Waals surface area contributed by atoms with Gasteiger partial charge in [0.15, 0.2) is 0 Å². The van der Waals surface area contributed by atoms with Gasteiger partial charge in [-0.1, -0.05) is 36.8 Å². The minimum absolute atomic E-state index is 0.0283. The van der Waals surface area contributed by atoms with Gasteiger partial charge in [0.1, 0.15) is 12.8 Å². The van der Waals surface area contributed by atoms with E-state index < -0.39 is 17.7 Å². The average Bonchev–Trinajstić information content (AvgIpc) is 3.05. The Kier molecular flexibility index (Phi) is 5.25. The van der Waals surface area contributed by atoms with Gasteiger partial charge in [0, 0.05) is 0 Å². The Morgan fingerprint density at radius 3 is 2.76 bits per heavy atom. The SMILES string of the molecule is CCOC(=O)[C@]12CCC[C@H]1N(C(=O)OCc1ccccc1)C[C@@H](F)C2. The Balaban J connectivity index is 1.74. The molecule has 0 radical (unpaired) electrons. The highest BCUT2D eigenvalue weighted by Crippen LogP contribution is 2.49. The monoisotopic (exact) mass is 349 g/mol. The van der Waals surface area contributed by atoms with Gasteiger partial charge in [0.2, 0.25) is 0 Å². The third-order valence-corrected chi connectivity index (χ3v) is 5.22. The summed E-state index contributed by atoms with van der Waals surface area (Å²) < 4.78 is 25.0. The first-order chi connectivity index (χ1) is 12.1. The fourth-order valence-corrected chi connectivity index (χ4v) is 4.15. The van der Waals surface area contributed by atoms with Crippen LogP contribution < -0.4 is 0 Å². The van der Waals surface area contributed by atoms with Crippen LogP contribution in [0.4, 0.5) is 9.18 Å². The quantitative estimate of drug-likeness (QED) is 0.781. The zero-order valence-electron chi connectivity index (χ0n) is 14.4. The fraction of sp³-hybridized carbons (Fsp3) is 0.579. The van der Waals surface area contributed by atoms with Crippen LogP contribution in [0.3, 0.4) is 0 Å². The molecule has 0 aromatic heterocycles. The molecular formula is C19H24FNO4. The van der Waals surface area contributed by atoms with E-state index in [9.17, 15) is 14.0 Å². The van der Waals surface area contributed by atoms with E-state index >= 15 is 0 Å². The summed E-state index contributed by atoms with van der Waals surface area (Å²) in [7, 11) is 0. The second-order valence-electron chi connectivity index (χ2n) is 6.78. The number of likely N-dealkylation sites (tertiary alicyclic amines) is 1. The van der Waals surface area contributed by atoms with Crippen molar-refractivity contribution in [2.45, 2.75) is 51.4 Å². The van der Waals surface area contributed by atoms with E-state index in [-0.39, 0.29) is 38.2 Å². The molecule has 136 valence electrons. The molecule has 0 unspecified atom stereocenters. The number of piperidine rings is 1. The number of halogens is 1. The maximum Gasteiger partial charge on any atom is 0.410 e. The van der Waals surface area contributed by atoms with Crippen LogP contribution in [0.1, 0.15) is 38.2 Å². The van der Waals surface area contributed by atoms with Crippen molar-refractivity contribution in [2.24, 2.45) is 5.41 Å². The molecule has 0 bridgehead atoms. The van der Waals surface area contributed by atoms with Gasteiger partial charge in [-0.3, -0.25) is 4.79 Å². The molecule has 1 aliphatic heterocycles. The summed E-state index contributed by atoms with van der Waals surface area (Å²) in [6, 6.07) is 8.99. The molecule has 2 fully saturated rings. The average molecular weight is 349 g/mol. The third kappa shape index (κ3) is 3.48. The molecule has 25 heavy (non-hydrogen) atoms. The van der Waals surface area contributed by atoms with Gasteiger partial charge >= 0.3 is 12.1 Å². The Labute approximate surface area is 147 Å². The number of rotatable bonds is 4. The molecule has 0 N–H and O–H groups in total. The number of fused-ring (bicyclic) bond motifs is 1. The van der Waals surface area contributed by atoms with Gasteiger partial charge in [0.05, 0.1) is 24.6 Å². The molecule has 1 aliphatic carbocycles. The van der Waals surface area contributed by atoms with Crippen molar-refractivity contribution in [2.75, 3.05) is 13.2 Å². The lowest BCUT2D eigenvalue weighted by Crippen LogP contribution is -2.58. The van der Waals surface area contributed by atoms with Crippen LogP contribution in [0.15, 0.2) is 30.3 Å². The number of benzene rings is 1. The van der Waals surface area contributed by atoms with Crippen molar-refractivity contribution >= 4 is 12.1 Å². The molecule has 3 atom stereocenters. The Hall–Kier alpha value is -2.11. The molecule has 3 rings (SSSR count). The molecular weight excluding hydrogens is 325 g/mol. The predicted molar refractivity (Wildman–Crippen MR) is 89.6 cm³/mol. The largest absolute Gasteiger partial charge is 0.466 e. The molecule has 5 nitrogen and oxygen atoms in total. The summed E-state index contributed by atoms with van der Waals surface area (Å²) in [5, 5.41) is 0. The minimum atomic E-state index is -1.25. The number of hydrogen-bond acceptors (Lipinski definition) is 4. The number of ether oxygens (including phenoxy) is 2. The van der Waals surface area contributed by atoms with Crippen LogP contribution in [0.25, 0.3) is 0 Å². The van der Waals surface area contributed by atoms with Gasteiger partial charge in [0.25, 0.3) is 0 Å². The maximum atomic E-state index is 14.4. The Morgan fingerprint density at radius 1 is 1.28 bits per heavy atom. The smallest absolute Gasteiger partial charge is 0.410 e. The van der Waals surface area contributed by atoms with Gasteiger partial charge in [-0.05, 0) is 31.7 Å². The summed E-state index contributed by atoms with van der Waals surface area (Å²) in [5.74, 6) is -0.388. The number of esters is 1. The second-order valence-corrected chi connectivity index (χ2v) is 6.78. The molecule has 1 amide bonds. The highest BCUT2D eigenvalue weighted by Gasteiger charge is 2.58. The predicted octanol–water partition coefficient (Wildman–Crippen LogP) is 3.47. The van der Waals surface area contributed by atoms with Crippen LogP contribution in [-0.4, -0.2) is 42.3 Å². The topological polar surface area (TPSA) is 55.8 Å². The molecule has 1 aromatic rings. The van der Waals surface area contributed by atoms with Crippen molar-refractivity contribution in [1.29, 1.82) is 0 Å². The van der Waals surface area contributed by atoms with E-state index in [0.717, 1.165) is 12.0 Å². The highest BCUT2D eigenvalue weighted by atomic mass is 19.1. The first kappa shape index (κ1) is 17.7. The van der Waals surface area contributed by atoms with E-state index in [1.54, 1.807) is 6.92 Å². The van der Waals surface area contributed by atoms with Crippen LogP contribution >= 0.6 is 0 Å². The molecule has 0 spiro atoms. The summed E-state index contributed by atoms with van der Waals surface area (Å²) in [5.41, 5.74) is -0.0628. The van der Waals surface area contributed by atoms with E-state index in [4.69, 9.17) is 9.47 Å². The van der Waals surface area contributed by atoms with E-state index in [1.807, 2.05) is 30.3 Å². The number of carbonyl (C=O) groups excluding carboxylic acids is 2. The molecule has 1 aromatic carbocycles. The molecule has 2 aliphatic rings. The summed E-state index contributed by atoms with van der Waals surface area (Å²) >= 11 is 0. The van der Waals surface area contributed by atoms with E-state index in [2.05, 4.69) is 0 Å². The number of carbonyl (C=O) groups is 2. The van der Waals surface area contributed by atoms with Gasteiger partial charge in [-0.25, -0.2) is 9.18 Å². The number of nitrogens with zero attached hydrogens (tertiary/aromatic N) is 1. The number of amides is 1. The van der Waals surface area contributed by atoms with Crippen LogP contribution in [0, 0.1) is 5.41 Å². The first-order valence-electron chi connectivity index (χ1n) is 8.85. The van der Waals surface area contributed by atoms with Gasteiger partial charge in [-0.15, -0.1) is 0 Å². The van der Waals surface area contributed by atoms with E-state index in [0.29, 0.717) is 12.8 Å². The van der Waals surface area contributed by atoms with Crippen molar-refractivity contribution in [3.8, 4) is 0 Å². The zero-order chi connectivity index (χ0) is 17.9. The molecule has 1 saturated heterocycles. The molecule has 6 heteroatoms. The van der Waals surface area contributed by atoms with Crippen LogP contribution in [0.5, 0.6) is 0 Å².